The smallest absolute Gasteiger partial charge is 0.00696 e. The Morgan fingerprint density at radius 3 is 2.69 bits per heavy atom. The van der Waals surface area contributed by atoms with Gasteiger partial charge in [0, 0.05) is 12.1 Å². The van der Waals surface area contributed by atoms with E-state index in [0.717, 1.165) is 18.0 Å². The summed E-state index contributed by atoms with van der Waals surface area (Å²) in [6.07, 6.45) is 8.29. The van der Waals surface area contributed by atoms with Gasteiger partial charge in [0.15, 0.2) is 0 Å². The lowest BCUT2D eigenvalue weighted by atomic mass is 9.98. The number of hydrogen-bond donors (Lipinski definition) is 1. The number of rotatable bonds is 3. The van der Waals surface area contributed by atoms with E-state index in [1.807, 2.05) is 0 Å². The molecule has 0 aromatic heterocycles. The molecule has 0 amide bonds. The summed E-state index contributed by atoms with van der Waals surface area (Å²) in [7, 11) is 0. The maximum Gasteiger partial charge on any atom is 0.00696 e. The monoisotopic (exact) mass is 183 g/mol. The molecule has 0 aliphatic carbocycles. The van der Waals surface area contributed by atoms with E-state index < -0.39 is 0 Å². The Hall–Kier alpha value is -0.0400. The van der Waals surface area contributed by atoms with E-state index >= 15 is 0 Å². The Balaban J connectivity index is 2.30. The van der Waals surface area contributed by atoms with Gasteiger partial charge in [0.1, 0.15) is 0 Å². The minimum Gasteiger partial charge on any atom is -0.311 e. The van der Waals surface area contributed by atoms with Crippen molar-refractivity contribution in [3.05, 3.63) is 0 Å². The Labute approximate surface area is 83.3 Å². The SMILES string of the molecule is CCCCC1CCC(C)CC(C)N1. The van der Waals surface area contributed by atoms with Gasteiger partial charge >= 0.3 is 0 Å². The maximum atomic E-state index is 3.74. The van der Waals surface area contributed by atoms with Gasteiger partial charge in [-0.15, -0.1) is 0 Å². The van der Waals surface area contributed by atoms with Crippen LogP contribution in [-0.2, 0) is 0 Å². The Morgan fingerprint density at radius 1 is 1.23 bits per heavy atom. The molecule has 0 bridgehead atoms. The molecule has 3 unspecified atom stereocenters. The van der Waals surface area contributed by atoms with E-state index in [-0.39, 0.29) is 0 Å². The molecule has 1 rings (SSSR count). The molecule has 1 saturated heterocycles. The highest BCUT2D eigenvalue weighted by Gasteiger charge is 2.19. The van der Waals surface area contributed by atoms with Crippen LogP contribution in [0.5, 0.6) is 0 Å². The van der Waals surface area contributed by atoms with Gasteiger partial charge in [-0.25, -0.2) is 0 Å². The van der Waals surface area contributed by atoms with Crippen molar-refractivity contribution in [1.29, 1.82) is 0 Å². The predicted octanol–water partition coefficient (Wildman–Crippen LogP) is 3.34. The summed E-state index contributed by atoms with van der Waals surface area (Å²) in [6.45, 7) is 7.00. The standard InChI is InChI=1S/C12H25N/c1-4-5-6-12-8-7-10(2)9-11(3)13-12/h10-13H,4-9H2,1-3H3. The number of nitrogens with one attached hydrogen (secondary N) is 1. The van der Waals surface area contributed by atoms with Gasteiger partial charge in [-0.3, -0.25) is 0 Å². The second kappa shape index (κ2) is 5.64. The van der Waals surface area contributed by atoms with Crippen LogP contribution in [0.1, 0.15) is 59.3 Å². The van der Waals surface area contributed by atoms with Gasteiger partial charge in [0.05, 0.1) is 0 Å². The highest BCUT2D eigenvalue weighted by molar-refractivity contribution is 4.78. The van der Waals surface area contributed by atoms with E-state index in [4.69, 9.17) is 0 Å². The zero-order valence-electron chi connectivity index (χ0n) is 9.47. The van der Waals surface area contributed by atoms with E-state index in [1.165, 1.54) is 38.5 Å². The molecule has 1 fully saturated rings. The highest BCUT2D eigenvalue weighted by atomic mass is 14.9. The molecule has 1 N–H and O–H groups in total. The first-order valence-corrected chi connectivity index (χ1v) is 5.98. The summed E-state index contributed by atoms with van der Waals surface area (Å²) in [5, 5.41) is 3.74. The second-order valence-corrected chi connectivity index (χ2v) is 4.83. The Morgan fingerprint density at radius 2 is 2.00 bits per heavy atom. The summed E-state index contributed by atoms with van der Waals surface area (Å²) in [5.41, 5.74) is 0. The summed E-state index contributed by atoms with van der Waals surface area (Å²) >= 11 is 0. The molecule has 0 spiro atoms. The van der Waals surface area contributed by atoms with Crippen LogP contribution in [0.2, 0.25) is 0 Å². The lowest BCUT2D eigenvalue weighted by molar-refractivity contribution is 0.414. The molecule has 1 aliphatic heterocycles. The average Bonchev–Trinajstić information content (AvgIpc) is 2.23. The van der Waals surface area contributed by atoms with Crippen LogP contribution < -0.4 is 5.32 Å². The largest absolute Gasteiger partial charge is 0.311 e. The third-order valence-corrected chi connectivity index (χ3v) is 3.19. The van der Waals surface area contributed by atoms with Gasteiger partial charge in [-0.05, 0) is 38.5 Å². The van der Waals surface area contributed by atoms with Crippen molar-refractivity contribution in [2.24, 2.45) is 5.92 Å². The molecule has 1 heteroatoms. The maximum absolute atomic E-state index is 3.74. The first-order valence-electron chi connectivity index (χ1n) is 5.98. The van der Waals surface area contributed by atoms with Gasteiger partial charge in [-0.1, -0.05) is 26.7 Å². The molecule has 1 aliphatic rings. The van der Waals surface area contributed by atoms with Crippen molar-refractivity contribution in [1.82, 2.24) is 5.32 Å². The van der Waals surface area contributed by atoms with Crippen LogP contribution in [0, 0.1) is 5.92 Å². The molecule has 1 heterocycles. The van der Waals surface area contributed by atoms with E-state index in [0.29, 0.717) is 0 Å². The molecular weight excluding hydrogens is 158 g/mol. The Bertz CT molecular complexity index is 133. The highest BCUT2D eigenvalue weighted by Crippen LogP contribution is 2.21. The third-order valence-electron chi connectivity index (χ3n) is 3.19. The fourth-order valence-electron chi connectivity index (χ4n) is 2.44. The van der Waals surface area contributed by atoms with Crippen molar-refractivity contribution in [2.45, 2.75) is 71.4 Å². The lowest BCUT2D eigenvalue weighted by Crippen LogP contribution is -2.34. The first kappa shape index (κ1) is 11.0. The first-order chi connectivity index (χ1) is 6.22. The predicted molar refractivity (Wildman–Crippen MR) is 58.9 cm³/mol. The molecule has 1 nitrogen and oxygen atoms in total. The van der Waals surface area contributed by atoms with Crippen molar-refractivity contribution >= 4 is 0 Å². The van der Waals surface area contributed by atoms with E-state index in [2.05, 4.69) is 26.1 Å². The van der Waals surface area contributed by atoms with E-state index in [1.54, 1.807) is 0 Å². The van der Waals surface area contributed by atoms with Crippen molar-refractivity contribution < 1.29 is 0 Å². The van der Waals surface area contributed by atoms with Gasteiger partial charge in [0.2, 0.25) is 0 Å². The van der Waals surface area contributed by atoms with E-state index in [9.17, 15) is 0 Å². The zero-order chi connectivity index (χ0) is 9.68. The van der Waals surface area contributed by atoms with Crippen LogP contribution in [-0.4, -0.2) is 12.1 Å². The van der Waals surface area contributed by atoms with Gasteiger partial charge < -0.3 is 5.32 Å². The lowest BCUT2D eigenvalue weighted by Gasteiger charge is -2.19. The normalized spacial score (nSPS) is 35.8. The minimum absolute atomic E-state index is 0.736. The van der Waals surface area contributed by atoms with Crippen LogP contribution in [0.15, 0.2) is 0 Å². The molecule has 0 saturated carbocycles. The average molecular weight is 183 g/mol. The van der Waals surface area contributed by atoms with Gasteiger partial charge in [0.25, 0.3) is 0 Å². The summed E-state index contributed by atoms with van der Waals surface area (Å²) in [5.74, 6) is 0.925. The molecule has 0 radical (unpaired) electrons. The molecule has 3 atom stereocenters. The molecule has 0 aromatic carbocycles. The molecule has 13 heavy (non-hydrogen) atoms. The molecule has 78 valence electrons. The number of unbranched alkanes of at least 4 members (excludes halogenated alkanes) is 1. The zero-order valence-corrected chi connectivity index (χ0v) is 9.47. The van der Waals surface area contributed by atoms with Crippen LogP contribution >= 0.6 is 0 Å². The Kier molecular flexibility index (Phi) is 4.79. The van der Waals surface area contributed by atoms with Crippen molar-refractivity contribution in [2.75, 3.05) is 0 Å². The fourth-order valence-corrected chi connectivity index (χ4v) is 2.44. The molecule has 0 aromatic rings. The third kappa shape index (κ3) is 4.12. The van der Waals surface area contributed by atoms with Gasteiger partial charge in [-0.2, -0.15) is 0 Å². The van der Waals surface area contributed by atoms with Crippen LogP contribution in [0.25, 0.3) is 0 Å². The minimum atomic E-state index is 0.736. The van der Waals surface area contributed by atoms with Crippen molar-refractivity contribution in [3.63, 3.8) is 0 Å². The summed E-state index contributed by atoms with van der Waals surface area (Å²) < 4.78 is 0. The van der Waals surface area contributed by atoms with Crippen LogP contribution in [0.4, 0.5) is 0 Å². The second-order valence-electron chi connectivity index (χ2n) is 4.83. The van der Waals surface area contributed by atoms with Crippen molar-refractivity contribution in [3.8, 4) is 0 Å². The quantitative estimate of drug-likeness (QED) is 0.707. The molecular formula is C12H25N. The topological polar surface area (TPSA) is 12.0 Å². The fraction of sp³-hybridized carbons (Fsp3) is 1.00. The summed E-state index contributed by atoms with van der Waals surface area (Å²) in [6, 6.07) is 1.54. The van der Waals surface area contributed by atoms with Crippen LogP contribution in [0.3, 0.4) is 0 Å². The summed E-state index contributed by atoms with van der Waals surface area (Å²) in [4.78, 5) is 0. The number of hydrogen-bond acceptors (Lipinski definition) is 1.